The highest BCUT2D eigenvalue weighted by Gasteiger charge is 2.48. The number of halogens is 2. The molecule has 1 unspecified atom stereocenters. The fourth-order valence-electron chi connectivity index (χ4n) is 5.38. The lowest BCUT2D eigenvalue weighted by Gasteiger charge is -2.37. The van der Waals surface area contributed by atoms with Crippen molar-refractivity contribution < 1.29 is 31.8 Å². The van der Waals surface area contributed by atoms with E-state index >= 15 is 8.78 Å². The van der Waals surface area contributed by atoms with Gasteiger partial charge in [0.25, 0.3) is 5.91 Å². The van der Waals surface area contributed by atoms with Crippen LogP contribution in [0.4, 0.5) is 20.2 Å². The summed E-state index contributed by atoms with van der Waals surface area (Å²) in [4.78, 5) is 15.0. The number of nitrogens with zero attached hydrogens (tertiary/aromatic N) is 1. The van der Waals surface area contributed by atoms with E-state index < -0.39 is 38.8 Å². The van der Waals surface area contributed by atoms with Crippen molar-refractivity contribution in [2.24, 2.45) is 5.41 Å². The van der Waals surface area contributed by atoms with E-state index in [4.69, 9.17) is 4.74 Å². The Bertz CT molecular complexity index is 1760. The first-order valence-corrected chi connectivity index (χ1v) is 14.5. The van der Waals surface area contributed by atoms with Gasteiger partial charge in [-0.1, -0.05) is 38.0 Å². The molecule has 0 aliphatic carbocycles. The number of sulfone groups is 1. The van der Waals surface area contributed by atoms with Gasteiger partial charge in [0.2, 0.25) is 0 Å². The maximum Gasteiger partial charge on any atom is 0.262 e. The number of aromatic hydroxyl groups is 1. The first-order valence-electron chi connectivity index (χ1n) is 12.9. The number of rotatable bonds is 4. The molecule has 0 saturated carbocycles. The number of para-hydroxylation sites is 1. The van der Waals surface area contributed by atoms with Crippen LogP contribution in [-0.4, -0.2) is 31.8 Å². The largest absolute Gasteiger partial charge is 0.506 e. The highest BCUT2D eigenvalue weighted by molar-refractivity contribution is 7.95. The van der Waals surface area contributed by atoms with Crippen LogP contribution in [0.1, 0.15) is 49.2 Å². The van der Waals surface area contributed by atoms with E-state index in [1.807, 2.05) is 0 Å². The quantitative estimate of drug-likeness (QED) is 0.294. The SMILES string of the molecule is CC#CCOc1ccc(C2C3=C(CC(C)(C)CS3(=O)=O)Nc3c(O)cccc3N2C(=O)c2ccccc2F)c(F)c1. The summed E-state index contributed by atoms with van der Waals surface area (Å²) < 4.78 is 64.5. The molecule has 3 aromatic rings. The Balaban J connectivity index is 1.82. The Labute approximate surface area is 237 Å². The van der Waals surface area contributed by atoms with Gasteiger partial charge in [-0.3, -0.25) is 9.69 Å². The molecule has 5 rings (SSSR count). The van der Waals surface area contributed by atoms with Gasteiger partial charge in [0.15, 0.2) is 9.84 Å². The lowest BCUT2D eigenvalue weighted by atomic mass is 9.88. The molecule has 212 valence electrons. The third kappa shape index (κ3) is 5.25. The molecule has 7 nitrogen and oxygen atoms in total. The Morgan fingerprint density at radius 3 is 2.59 bits per heavy atom. The van der Waals surface area contributed by atoms with Crippen molar-refractivity contribution in [2.45, 2.75) is 33.2 Å². The molecule has 0 bridgehead atoms. The molecule has 0 radical (unpaired) electrons. The van der Waals surface area contributed by atoms with Crippen molar-refractivity contribution in [1.29, 1.82) is 0 Å². The summed E-state index contributed by atoms with van der Waals surface area (Å²) in [6.45, 7) is 5.23. The van der Waals surface area contributed by atoms with Crippen molar-refractivity contribution in [3.8, 4) is 23.3 Å². The fourth-order valence-corrected chi connectivity index (χ4v) is 7.74. The number of hydrogen-bond acceptors (Lipinski definition) is 6. The van der Waals surface area contributed by atoms with Crippen LogP contribution < -0.4 is 15.0 Å². The maximum absolute atomic E-state index is 16.0. The van der Waals surface area contributed by atoms with Gasteiger partial charge in [-0.2, -0.15) is 0 Å². The summed E-state index contributed by atoms with van der Waals surface area (Å²) in [7, 11) is -4.11. The Morgan fingerprint density at radius 2 is 1.88 bits per heavy atom. The van der Waals surface area contributed by atoms with Gasteiger partial charge in [0.05, 0.1) is 21.9 Å². The predicted molar refractivity (Wildman–Crippen MR) is 152 cm³/mol. The van der Waals surface area contributed by atoms with Crippen LogP contribution in [0.15, 0.2) is 71.3 Å². The van der Waals surface area contributed by atoms with Crippen molar-refractivity contribution >= 4 is 27.1 Å². The molecule has 2 aliphatic heterocycles. The molecule has 2 aliphatic rings. The molecular formula is C31H28F2N2O5S. The number of carbonyl (C=O) groups is 1. The molecule has 3 aromatic carbocycles. The fraction of sp³-hybridized carbons (Fsp3) is 0.258. The molecule has 1 atom stereocenters. The van der Waals surface area contributed by atoms with E-state index in [1.165, 1.54) is 48.5 Å². The Hall–Kier alpha value is -4.36. The average molecular weight is 579 g/mol. The molecule has 1 amide bonds. The molecule has 0 aromatic heterocycles. The first kappa shape index (κ1) is 28.2. The third-order valence-corrected chi connectivity index (χ3v) is 9.31. The van der Waals surface area contributed by atoms with E-state index in [9.17, 15) is 18.3 Å². The monoisotopic (exact) mass is 578 g/mol. The minimum Gasteiger partial charge on any atom is -0.506 e. The third-order valence-electron chi connectivity index (χ3n) is 7.01. The van der Waals surface area contributed by atoms with Gasteiger partial charge in [-0.25, -0.2) is 17.2 Å². The smallest absolute Gasteiger partial charge is 0.262 e. The van der Waals surface area contributed by atoms with Gasteiger partial charge >= 0.3 is 0 Å². The number of benzene rings is 3. The zero-order valence-corrected chi connectivity index (χ0v) is 23.5. The van der Waals surface area contributed by atoms with Gasteiger partial charge in [-0.15, -0.1) is 5.92 Å². The molecular weight excluding hydrogens is 550 g/mol. The van der Waals surface area contributed by atoms with Crippen LogP contribution in [0.5, 0.6) is 11.5 Å². The van der Waals surface area contributed by atoms with Crippen molar-refractivity contribution in [1.82, 2.24) is 0 Å². The number of nitrogens with one attached hydrogen (secondary N) is 1. The number of carbonyl (C=O) groups excluding carboxylic acids is 1. The van der Waals surface area contributed by atoms with E-state index in [1.54, 1.807) is 20.8 Å². The molecule has 0 spiro atoms. The second-order valence-electron chi connectivity index (χ2n) is 10.7. The van der Waals surface area contributed by atoms with Crippen LogP contribution in [0.3, 0.4) is 0 Å². The zero-order chi connectivity index (χ0) is 29.5. The highest BCUT2D eigenvalue weighted by Crippen LogP contribution is 2.52. The first-order chi connectivity index (χ1) is 19.4. The van der Waals surface area contributed by atoms with E-state index in [2.05, 4.69) is 17.2 Å². The second-order valence-corrected chi connectivity index (χ2v) is 12.7. The number of allylic oxidation sites excluding steroid dienone is 1. The summed E-state index contributed by atoms with van der Waals surface area (Å²) in [5.74, 6) is 2.45. The standard InChI is InChI=1S/C31H28F2N2O5S/c1-4-5-15-40-19-13-14-20(23(33)16-19)28-29-24(17-31(2,3)18-41(29,38)39)34-27-25(11-8-12-26(27)36)35(28)30(37)21-9-6-7-10-22(21)32/h6-14,16,28,34,36H,15,17-18H2,1-3H3. The number of hydrogen-bond donors (Lipinski definition) is 2. The number of phenols is 1. The normalized spacial score (nSPS) is 18.7. The minimum atomic E-state index is -4.11. The molecule has 0 saturated heterocycles. The van der Waals surface area contributed by atoms with Crippen LogP contribution in [0.2, 0.25) is 0 Å². The molecule has 41 heavy (non-hydrogen) atoms. The van der Waals surface area contributed by atoms with E-state index in [0.717, 1.165) is 17.0 Å². The minimum absolute atomic E-state index is 0.0198. The number of fused-ring (bicyclic) bond motifs is 1. The highest BCUT2D eigenvalue weighted by atomic mass is 32.2. The van der Waals surface area contributed by atoms with E-state index in [-0.39, 0.29) is 63.4 Å². The van der Waals surface area contributed by atoms with Crippen LogP contribution in [0, 0.1) is 28.9 Å². The lowest BCUT2D eigenvalue weighted by molar-refractivity contribution is 0.0976. The molecule has 2 heterocycles. The van der Waals surface area contributed by atoms with Crippen LogP contribution in [0.25, 0.3) is 0 Å². The van der Waals surface area contributed by atoms with E-state index in [0.29, 0.717) is 0 Å². The number of amides is 1. The Morgan fingerprint density at radius 1 is 1.12 bits per heavy atom. The Kier molecular flexibility index (Phi) is 7.26. The van der Waals surface area contributed by atoms with Gasteiger partial charge < -0.3 is 15.2 Å². The van der Waals surface area contributed by atoms with Crippen molar-refractivity contribution in [3.63, 3.8) is 0 Å². The number of ether oxygens (including phenoxy) is 1. The van der Waals surface area contributed by atoms with Crippen molar-refractivity contribution in [3.05, 3.63) is 94.0 Å². The van der Waals surface area contributed by atoms with Crippen LogP contribution >= 0.6 is 0 Å². The molecule has 10 heteroatoms. The second kappa shape index (κ2) is 10.6. The topological polar surface area (TPSA) is 95.9 Å². The zero-order valence-electron chi connectivity index (χ0n) is 22.7. The molecule has 0 fully saturated rings. The van der Waals surface area contributed by atoms with Gasteiger partial charge in [0, 0.05) is 17.3 Å². The summed E-state index contributed by atoms with van der Waals surface area (Å²) in [5, 5.41) is 13.9. The summed E-state index contributed by atoms with van der Waals surface area (Å²) in [6.07, 6.45) is 0.228. The van der Waals surface area contributed by atoms with Gasteiger partial charge in [0.1, 0.15) is 41.5 Å². The molecule has 2 N–H and O–H groups in total. The maximum atomic E-state index is 16.0. The summed E-state index contributed by atoms with van der Waals surface area (Å²) in [5.41, 5.74) is -0.862. The number of phenolic OH excluding ortho intramolecular Hbond substituents is 1. The predicted octanol–water partition coefficient (Wildman–Crippen LogP) is 5.94. The number of anilines is 2. The van der Waals surface area contributed by atoms with Crippen molar-refractivity contribution in [2.75, 3.05) is 22.6 Å². The average Bonchev–Trinajstić information content (AvgIpc) is 3.03. The van der Waals surface area contributed by atoms with Gasteiger partial charge in [-0.05, 0) is 55.2 Å². The van der Waals surface area contributed by atoms with Crippen LogP contribution in [-0.2, 0) is 9.84 Å². The summed E-state index contributed by atoms with van der Waals surface area (Å²) >= 11 is 0. The summed E-state index contributed by atoms with van der Waals surface area (Å²) in [6, 6.07) is 12.0. The lowest BCUT2D eigenvalue weighted by Crippen LogP contribution is -2.41.